The number of hydrogen-bond acceptors (Lipinski definition) is 5. The summed E-state index contributed by atoms with van der Waals surface area (Å²) in [5, 5.41) is 19.5. The Morgan fingerprint density at radius 2 is 1.86 bits per heavy atom. The number of likely N-dealkylation sites (tertiary alicyclic amines) is 1. The second kappa shape index (κ2) is 10.2. The van der Waals surface area contributed by atoms with Crippen LogP contribution in [0.2, 0.25) is 0 Å². The fraction of sp³-hybridized carbons (Fsp3) is 0.909. The average Bonchev–Trinajstić information content (AvgIpc) is 2.92. The molecule has 1 saturated carbocycles. The van der Waals surface area contributed by atoms with Crippen LogP contribution in [0.25, 0.3) is 0 Å². The summed E-state index contributed by atoms with van der Waals surface area (Å²) >= 11 is 0. The van der Waals surface area contributed by atoms with E-state index in [0.29, 0.717) is 56.4 Å². The van der Waals surface area contributed by atoms with E-state index in [4.69, 9.17) is 14.6 Å². The van der Waals surface area contributed by atoms with E-state index in [2.05, 4.69) is 13.8 Å². The standard InChI is InChI=1S/C22H37NO6/c1-14-6-7-17-4-3-5-18(19(17)13-28-14)15(2)22(27)29-12-16-8-10-23(11-9-16)20(24)21(25)26/h14-19,22,27H,3-13H2,1-2H3,(H,25,26). The molecule has 2 N–H and O–H groups in total. The number of hydrogen-bond donors (Lipinski definition) is 2. The SMILES string of the molecule is CC1CCC2CCCC(C(C)C(O)OCC3CCN(C(=O)C(=O)O)CC3)C2CO1. The van der Waals surface area contributed by atoms with Crippen LogP contribution in [0.3, 0.4) is 0 Å². The predicted octanol–water partition coefficient (Wildman–Crippen LogP) is 2.51. The second-order valence-electron chi connectivity index (χ2n) is 9.36. The lowest BCUT2D eigenvalue weighted by molar-refractivity contribution is -0.166. The van der Waals surface area contributed by atoms with Gasteiger partial charge >= 0.3 is 11.9 Å². The third-order valence-electron chi connectivity index (χ3n) is 7.50. The van der Waals surface area contributed by atoms with Crippen molar-refractivity contribution in [2.45, 2.75) is 71.2 Å². The van der Waals surface area contributed by atoms with Crippen molar-refractivity contribution in [3.63, 3.8) is 0 Å². The molecule has 7 heteroatoms. The van der Waals surface area contributed by atoms with Crippen molar-refractivity contribution >= 4 is 11.9 Å². The molecule has 2 saturated heterocycles. The van der Waals surface area contributed by atoms with Gasteiger partial charge in [-0.2, -0.15) is 0 Å². The number of carbonyl (C=O) groups excluding carboxylic acids is 1. The number of carboxylic acid groups (broad SMARTS) is 1. The van der Waals surface area contributed by atoms with Crippen molar-refractivity contribution < 1.29 is 29.3 Å². The molecule has 2 heterocycles. The average molecular weight is 412 g/mol. The number of nitrogens with zero attached hydrogens (tertiary/aromatic N) is 1. The van der Waals surface area contributed by atoms with Gasteiger partial charge < -0.3 is 24.6 Å². The third kappa shape index (κ3) is 5.70. The summed E-state index contributed by atoms with van der Waals surface area (Å²) in [6.45, 7) is 6.38. The Morgan fingerprint density at radius 1 is 1.14 bits per heavy atom. The monoisotopic (exact) mass is 411 g/mol. The molecule has 0 radical (unpaired) electrons. The summed E-state index contributed by atoms with van der Waals surface area (Å²) in [5.74, 6) is -0.290. The molecule has 0 spiro atoms. The molecule has 0 aromatic heterocycles. The van der Waals surface area contributed by atoms with E-state index in [1.54, 1.807) is 0 Å². The van der Waals surface area contributed by atoms with Gasteiger partial charge in [0.05, 0.1) is 19.3 Å². The zero-order chi connectivity index (χ0) is 21.0. The second-order valence-corrected chi connectivity index (χ2v) is 9.36. The number of amides is 1. The number of aliphatic hydroxyl groups is 1. The Balaban J connectivity index is 1.46. The maximum absolute atomic E-state index is 11.5. The van der Waals surface area contributed by atoms with Crippen molar-refractivity contribution in [3.8, 4) is 0 Å². The highest BCUT2D eigenvalue weighted by Crippen LogP contribution is 2.44. The molecule has 7 nitrogen and oxygen atoms in total. The van der Waals surface area contributed by atoms with Gasteiger partial charge in [0.2, 0.25) is 0 Å². The highest BCUT2D eigenvalue weighted by Gasteiger charge is 2.40. The van der Waals surface area contributed by atoms with Crippen molar-refractivity contribution in [2.75, 3.05) is 26.3 Å². The Morgan fingerprint density at radius 3 is 2.55 bits per heavy atom. The fourth-order valence-electron chi connectivity index (χ4n) is 5.51. The molecule has 1 aliphatic carbocycles. The minimum atomic E-state index is -1.40. The van der Waals surface area contributed by atoms with Gasteiger partial charge in [-0.3, -0.25) is 4.79 Å². The maximum Gasteiger partial charge on any atom is 0.394 e. The molecule has 6 atom stereocenters. The van der Waals surface area contributed by atoms with Crippen LogP contribution in [0.15, 0.2) is 0 Å². The minimum Gasteiger partial charge on any atom is -0.474 e. The lowest BCUT2D eigenvalue weighted by atomic mass is 9.66. The largest absolute Gasteiger partial charge is 0.474 e. The number of ether oxygens (including phenoxy) is 2. The molecule has 166 valence electrons. The summed E-state index contributed by atoms with van der Waals surface area (Å²) in [6.07, 6.45) is 6.91. The van der Waals surface area contributed by atoms with Crippen molar-refractivity contribution in [1.82, 2.24) is 4.90 Å². The quantitative estimate of drug-likeness (QED) is 0.533. The topological polar surface area (TPSA) is 96.3 Å². The Bertz CT molecular complexity index is 562. The summed E-state index contributed by atoms with van der Waals surface area (Å²) in [7, 11) is 0. The van der Waals surface area contributed by atoms with Crippen molar-refractivity contribution in [1.29, 1.82) is 0 Å². The van der Waals surface area contributed by atoms with Gasteiger partial charge in [-0.15, -0.1) is 0 Å². The van der Waals surface area contributed by atoms with Crippen molar-refractivity contribution in [3.05, 3.63) is 0 Å². The molecule has 3 fully saturated rings. The first-order valence-corrected chi connectivity index (χ1v) is 11.3. The molecule has 1 amide bonds. The van der Waals surface area contributed by atoms with Crippen LogP contribution in [0.4, 0.5) is 0 Å². The van der Waals surface area contributed by atoms with Gasteiger partial charge in [0.1, 0.15) is 0 Å². The van der Waals surface area contributed by atoms with E-state index in [1.807, 2.05) is 0 Å². The first-order valence-electron chi connectivity index (χ1n) is 11.3. The molecule has 3 aliphatic rings. The lowest BCUT2D eigenvalue weighted by Crippen LogP contribution is -2.43. The number of aliphatic carboxylic acids is 1. The minimum absolute atomic E-state index is 0.0634. The number of fused-ring (bicyclic) bond motifs is 1. The van der Waals surface area contributed by atoms with Gasteiger partial charge in [-0.1, -0.05) is 19.8 Å². The Labute approximate surface area is 173 Å². The van der Waals surface area contributed by atoms with Gasteiger partial charge in [0, 0.05) is 19.0 Å². The molecular weight excluding hydrogens is 374 g/mol. The van der Waals surface area contributed by atoms with Crippen LogP contribution in [0.1, 0.15) is 58.8 Å². The molecular formula is C22H37NO6. The third-order valence-corrected chi connectivity index (χ3v) is 7.50. The lowest BCUT2D eigenvalue weighted by Gasteiger charge is -2.41. The summed E-state index contributed by atoms with van der Waals surface area (Å²) in [5.41, 5.74) is 0. The van der Waals surface area contributed by atoms with E-state index in [0.717, 1.165) is 19.4 Å². The first kappa shape index (κ1) is 22.5. The maximum atomic E-state index is 11.5. The molecule has 2 aliphatic heterocycles. The number of aliphatic hydroxyl groups excluding tert-OH is 1. The fourth-order valence-corrected chi connectivity index (χ4v) is 5.51. The van der Waals surface area contributed by atoms with Crippen LogP contribution in [0, 0.1) is 29.6 Å². The van der Waals surface area contributed by atoms with Crippen molar-refractivity contribution in [2.24, 2.45) is 29.6 Å². The molecule has 3 rings (SSSR count). The molecule has 0 aromatic carbocycles. The zero-order valence-electron chi connectivity index (χ0n) is 17.8. The molecule has 29 heavy (non-hydrogen) atoms. The highest BCUT2D eigenvalue weighted by molar-refractivity contribution is 6.31. The van der Waals surface area contributed by atoms with E-state index < -0.39 is 18.2 Å². The summed E-state index contributed by atoms with van der Waals surface area (Å²) in [6, 6.07) is 0. The number of piperidine rings is 1. The Hall–Kier alpha value is -1.18. The van der Waals surface area contributed by atoms with E-state index in [1.165, 1.54) is 24.2 Å². The zero-order valence-corrected chi connectivity index (χ0v) is 17.8. The van der Waals surface area contributed by atoms with E-state index >= 15 is 0 Å². The first-order chi connectivity index (χ1) is 13.9. The van der Waals surface area contributed by atoms with Crippen LogP contribution >= 0.6 is 0 Å². The van der Waals surface area contributed by atoms with Gasteiger partial charge in [0.15, 0.2) is 6.29 Å². The highest BCUT2D eigenvalue weighted by atomic mass is 16.6. The normalized spacial score (nSPS) is 33.4. The van der Waals surface area contributed by atoms with E-state index in [9.17, 15) is 14.7 Å². The smallest absolute Gasteiger partial charge is 0.394 e. The van der Waals surface area contributed by atoms with Crippen LogP contribution in [0.5, 0.6) is 0 Å². The predicted molar refractivity (Wildman–Crippen MR) is 107 cm³/mol. The molecule has 6 unspecified atom stereocenters. The molecule has 0 aromatic rings. The van der Waals surface area contributed by atoms with Gasteiger partial charge in [-0.25, -0.2) is 4.79 Å². The van der Waals surface area contributed by atoms with Crippen LogP contribution < -0.4 is 0 Å². The van der Waals surface area contributed by atoms with Gasteiger partial charge in [0.25, 0.3) is 0 Å². The van der Waals surface area contributed by atoms with Gasteiger partial charge in [-0.05, 0) is 62.7 Å². The van der Waals surface area contributed by atoms with E-state index in [-0.39, 0.29) is 11.8 Å². The number of carbonyl (C=O) groups is 2. The summed E-state index contributed by atoms with van der Waals surface area (Å²) < 4.78 is 11.9. The summed E-state index contributed by atoms with van der Waals surface area (Å²) in [4.78, 5) is 23.7. The number of carboxylic acids is 1. The van der Waals surface area contributed by atoms with Crippen LogP contribution in [-0.4, -0.2) is 65.7 Å². The number of rotatable bonds is 5. The molecule has 0 bridgehead atoms. The Kier molecular flexibility index (Phi) is 7.93. The van der Waals surface area contributed by atoms with Crippen LogP contribution in [-0.2, 0) is 19.1 Å².